The van der Waals surface area contributed by atoms with Crippen molar-refractivity contribution in [1.82, 2.24) is 0 Å². The van der Waals surface area contributed by atoms with Crippen molar-refractivity contribution < 1.29 is 28.6 Å². The van der Waals surface area contributed by atoms with Gasteiger partial charge in [-0.1, -0.05) is 6.92 Å². The van der Waals surface area contributed by atoms with Gasteiger partial charge in [0.15, 0.2) is 6.29 Å². The van der Waals surface area contributed by atoms with Crippen LogP contribution in [0.1, 0.15) is 6.92 Å². The molecule has 1 fully saturated rings. The highest BCUT2D eigenvalue weighted by Gasteiger charge is 2.44. The van der Waals surface area contributed by atoms with Gasteiger partial charge in [0.2, 0.25) is 0 Å². The highest BCUT2D eigenvalue weighted by Crippen LogP contribution is 2.44. The van der Waals surface area contributed by atoms with Gasteiger partial charge in [0.1, 0.15) is 12.2 Å². The van der Waals surface area contributed by atoms with Gasteiger partial charge >= 0.3 is 7.60 Å². The first kappa shape index (κ1) is 13.1. The highest BCUT2D eigenvalue weighted by molar-refractivity contribution is 7.51. The summed E-state index contributed by atoms with van der Waals surface area (Å²) in [5.74, 6) is -0.201. The summed E-state index contributed by atoms with van der Waals surface area (Å²) in [7, 11) is -2.11. The standard InChI is InChI=1S/C8H17O6P/c1-5-7(14-15(3,10)11)6(4-9)13-8(5)12-2/h5-9H,4H2,1-3H3,(H,10,11)/t5?,6-,7-,8-/m1/s1. The minimum absolute atomic E-state index is 0.201. The largest absolute Gasteiger partial charge is 0.394 e. The Morgan fingerprint density at radius 2 is 2.13 bits per heavy atom. The monoisotopic (exact) mass is 240 g/mol. The smallest absolute Gasteiger partial charge is 0.325 e. The van der Waals surface area contributed by atoms with E-state index >= 15 is 0 Å². The van der Waals surface area contributed by atoms with Crippen molar-refractivity contribution in [3.63, 3.8) is 0 Å². The first-order chi connectivity index (χ1) is 6.89. The van der Waals surface area contributed by atoms with E-state index in [4.69, 9.17) is 24.0 Å². The zero-order valence-corrected chi connectivity index (χ0v) is 9.89. The van der Waals surface area contributed by atoms with E-state index in [-0.39, 0.29) is 12.5 Å². The first-order valence-corrected chi connectivity index (χ1v) is 6.69. The molecule has 5 atom stereocenters. The molecule has 1 aliphatic heterocycles. The molecule has 2 N–H and O–H groups in total. The molecule has 1 rings (SSSR count). The van der Waals surface area contributed by atoms with Gasteiger partial charge in [-0.3, -0.25) is 4.57 Å². The van der Waals surface area contributed by atoms with Crippen molar-refractivity contribution in [2.75, 3.05) is 20.4 Å². The van der Waals surface area contributed by atoms with Crippen molar-refractivity contribution in [2.45, 2.75) is 25.4 Å². The minimum Gasteiger partial charge on any atom is -0.394 e. The summed E-state index contributed by atoms with van der Waals surface area (Å²) < 4.78 is 26.4. The number of aliphatic hydroxyl groups is 1. The second kappa shape index (κ2) is 4.91. The number of aliphatic hydroxyl groups excluding tert-OH is 1. The predicted molar refractivity (Wildman–Crippen MR) is 52.5 cm³/mol. The van der Waals surface area contributed by atoms with Gasteiger partial charge in [-0.15, -0.1) is 0 Å². The number of methoxy groups -OCH3 is 1. The highest BCUT2D eigenvalue weighted by atomic mass is 31.2. The normalized spacial score (nSPS) is 40.3. The van der Waals surface area contributed by atoms with Crippen molar-refractivity contribution >= 4 is 7.60 Å². The van der Waals surface area contributed by atoms with E-state index in [0.717, 1.165) is 6.66 Å². The zero-order chi connectivity index (χ0) is 11.6. The SMILES string of the molecule is CO[C@@H]1O[C@H](CO)[C@H](OP(C)(=O)O)C1C. The van der Waals surface area contributed by atoms with E-state index < -0.39 is 26.1 Å². The van der Waals surface area contributed by atoms with Crippen LogP contribution in [0.3, 0.4) is 0 Å². The van der Waals surface area contributed by atoms with Crippen LogP contribution in [0.5, 0.6) is 0 Å². The lowest BCUT2D eigenvalue weighted by Crippen LogP contribution is -2.30. The number of ether oxygens (including phenoxy) is 2. The molecule has 0 aromatic rings. The Morgan fingerprint density at radius 3 is 2.53 bits per heavy atom. The lowest BCUT2D eigenvalue weighted by atomic mass is 10.0. The third kappa shape index (κ3) is 3.24. The Labute approximate surface area is 88.7 Å². The zero-order valence-electron chi connectivity index (χ0n) is 8.99. The van der Waals surface area contributed by atoms with E-state index in [0.29, 0.717) is 0 Å². The second-order valence-electron chi connectivity index (χ2n) is 3.69. The lowest BCUT2D eigenvalue weighted by molar-refractivity contribution is -0.136. The van der Waals surface area contributed by atoms with Gasteiger partial charge in [-0.05, 0) is 0 Å². The molecule has 0 aliphatic carbocycles. The lowest BCUT2D eigenvalue weighted by Gasteiger charge is -2.21. The molecule has 2 unspecified atom stereocenters. The molecule has 0 amide bonds. The number of hydrogen-bond donors (Lipinski definition) is 2. The van der Waals surface area contributed by atoms with Crippen LogP contribution >= 0.6 is 7.60 Å². The second-order valence-corrected chi connectivity index (χ2v) is 5.51. The molecule has 15 heavy (non-hydrogen) atoms. The van der Waals surface area contributed by atoms with Gasteiger partial charge in [-0.2, -0.15) is 0 Å². The summed E-state index contributed by atoms with van der Waals surface area (Å²) in [5, 5.41) is 9.03. The Bertz CT molecular complexity index is 250. The molecule has 0 radical (unpaired) electrons. The molecular weight excluding hydrogens is 223 g/mol. The van der Waals surface area contributed by atoms with E-state index in [1.165, 1.54) is 7.11 Å². The van der Waals surface area contributed by atoms with Crippen molar-refractivity contribution in [3.8, 4) is 0 Å². The molecule has 0 aromatic heterocycles. The van der Waals surface area contributed by atoms with E-state index in [2.05, 4.69) is 0 Å². The first-order valence-electron chi connectivity index (χ1n) is 4.67. The summed E-state index contributed by atoms with van der Waals surface area (Å²) in [6, 6.07) is 0. The predicted octanol–water partition coefficient (Wildman–Crippen LogP) is 0.186. The Hall–Kier alpha value is 0.0300. The molecule has 0 aromatic carbocycles. The van der Waals surface area contributed by atoms with Crippen LogP contribution in [0.4, 0.5) is 0 Å². The summed E-state index contributed by atoms with van der Waals surface area (Å²) >= 11 is 0. The maximum atomic E-state index is 11.1. The molecule has 1 heterocycles. The topological polar surface area (TPSA) is 85.2 Å². The van der Waals surface area contributed by atoms with Gasteiger partial charge in [0.25, 0.3) is 0 Å². The maximum Gasteiger partial charge on any atom is 0.325 e. The van der Waals surface area contributed by atoms with Crippen LogP contribution in [0.2, 0.25) is 0 Å². The maximum absolute atomic E-state index is 11.1. The van der Waals surface area contributed by atoms with Crippen molar-refractivity contribution in [1.29, 1.82) is 0 Å². The fourth-order valence-electron chi connectivity index (χ4n) is 1.67. The average Bonchev–Trinajstić information content (AvgIpc) is 2.42. The molecular formula is C8H17O6P. The third-order valence-electron chi connectivity index (χ3n) is 2.35. The molecule has 7 heteroatoms. The van der Waals surface area contributed by atoms with Crippen molar-refractivity contribution in [2.24, 2.45) is 5.92 Å². The summed E-state index contributed by atoms with van der Waals surface area (Å²) in [6.45, 7) is 2.62. The Balaban J connectivity index is 2.72. The number of rotatable bonds is 4. The van der Waals surface area contributed by atoms with Crippen LogP contribution in [-0.4, -0.2) is 48.9 Å². The molecule has 0 bridgehead atoms. The summed E-state index contributed by atoms with van der Waals surface area (Å²) in [5.41, 5.74) is 0. The molecule has 0 spiro atoms. The van der Waals surface area contributed by atoms with Gasteiger partial charge in [0.05, 0.1) is 6.61 Å². The van der Waals surface area contributed by atoms with E-state index in [1.54, 1.807) is 6.92 Å². The van der Waals surface area contributed by atoms with Crippen LogP contribution in [-0.2, 0) is 18.6 Å². The van der Waals surface area contributed by atoms with Crippen LogP contribution in [0.15, 0.2) is 0 Å². The third-order valence-corrected chi connectivity index (χ3v) is 2.99. The number of hydrogen-bond acceptors (Lipinski definition) is 5. The molecule has 1 saturated heterocycles. The van der Waals surface area contributed by atoms with Gasteiger partial charge in [-0.25, -0.2) is 0 Å². The summed E-state index contributed by atoms with van der Waals surface area (Å²) in [4.78, 5) is 9.12. The quantitative estimate of drug-likeness (QED) is 0.682. The Morgan fingerprint density at radius 1 is 1.53 bits per heavy atom. The average molecular weight is 240 g/mol. The fraction of sp³-hybridized carbons (Fsp3) is 1.00. The summed E-state index contributed by atoms with van der Waals surface area (Å²) in [6.07, 6.45) is -1.76. The van der Waals surface area contributed by atoms with Crippen LogP contribution < -0.4 is 0 Å². The molecule has 90 valence electrons. The van der Waals surface area contributed by atoms with Crippen LogP contribution in [0.25, 0.3) is 0 Å². The Kier molecular flexibility index (Phi) is 4.29. The molecule has 0 saturated carbocycles. The minimum atomic E-state index is -3.59. The fourth-order valence-corrected chi connectivity index (χ4v) is 2.45. The van der Waals surface area contributed by atoms with Crippen LogP contribution in [0, 0.1) is 5.92 Å². The van der Waals surface area contributed by atoms with E-state index in [9.17, 15) is 4.57 Å². The van der Waals surface area contributed by atoms with E-state index in [1.807, 2.05) is 0 Å². The molecule has 6 nitrogen and oxygen atoms in total. The molecule has 1 aliphatic rings. The van der Waals surface area contributed by atoms with Gasteiger partial charge in [0, 0.05) is 19.7 Å². The van der Waals surface area contributed by atoms with Gasteiger partial charge < -0.3 is 24.0 Å². The van der Waals surface area contributed by atoms with Crippen molar-refractivity contribution in [3.05, 3.63) is 0 Å².